The number of hydrogen-bond donors (Lipinski definition) is 4. The van der Waals surface area contributed by atoms with Crippen molar-refractivity contribution in [2.24, 2.45) is 20.5 Å². The predicted molar refractivity (Wildman–Crippen MR) is 262 cm³/mol. The number of halogens is 8. The van der Waals surface area contributed by atoms with Gasteiger partial charge >= 0.3 is 0 Å². The van der Waals surface area contributed by atoms with Gasteiger partial charge in [0.25, 0.3) is 23.6 Å². The van der Waals surface area contributed by atoms with Gasteiger partial charge in [-0.1, -0.05) is 107 Å². The van der Waals surface area contributed by atoms with Crippen LogP contribution >= 0.6 is 92.8 Å². The van der Waals surface area contributed by atoms with Crippen molar-refractivity contribution in [3.05, 3.63) is 135 Å². The number of azo groups is 2. The third-order valence-corrected chi connectivity index (χ3v) is 12.4. The zero-order valence-electron chi connectivity index (χ0n) is 34.8. The van der Waals surface area contributed by atoms with E-state index in [0.717, 1.165) is 0 Å². The molecule has 66 heavy (non-hydrogen) atoms. The minimum Gasteiger partial charge on any atom is -0.323 e. The average Bonchev–Trinajstić information content (AvgIpc) is 3.27. The lowest BCUT2D eigenvalue weighted by molar-refractivity contribution is -0.127. The van der Waals surface area contributed by atoms with Crippen molar-refractivity contribution in [3.8, 4) is 0 Å². The number of benzene rings is 5. The van der Waals surface area contributed by atoms with Gasteiger partial charge in [-0.15, -0.1) is 0 Å². The molecule has 5 rings (SSSR count). The predicted octanol–water partition coefficient (Wildman–Crippen LogP) is 13.9. The summed E-state index contributed by atoms with van der Waals surface area (Å²) in [6.07, 6.45) is 0.738. The Kier molecular flexibility index (Phi) is 18.1. The van der Waals surface area contributed by atoms with Crippen molar-refractivity contribution >= 4 is 162 Å². The Bertz CT molecular complexity index is 2670. The molecule has 0 bridgehead atoms. The fraction of sp³-hybridized carbons (Fsp3) is 0.182. The summed E-state index contributed by atoms with van der Waals surface area (Å²) >= 11 is 49.7. The summed E-state index contributed by atoms with van der Waals surface area (Å²) in [7, 11) is 0. The molecule has 2 unspecified atom stereocenters. The number of nitrogens with zero attached hydrogens (tertiary/aromatic N) is 4. The van der Waals surface area contributed by atoms with E-state index in [4.69, 9.17) is 92.8 Å². The second kappa shape index (κ2) is 23.0. The molecule has 4 amide bonds. The van der Waals surface area contributed by atoms with Crippen LogP contribution in [0.2, 0.25) is 40.2 Å². The van der Waals surface area contributed by atoms with Crippen molar-refractivity contribution in [2.75, 3.05) is 21.3 Å². The monoisotopic (exact) mass is 1050 g/mol. The van der Waals surface area contributed by atoms with Crippen LogP contribution < -0.4 is 21.3 Å². The van der Waals surface area contributed by atoms with Crippen LogP contribution in [0.15, 0.2) is 93.3 Å². The highest BCUT2D eigenvalue weighted by atomic mass is 35.5. The number of anilines is 4. The van der Waals surface area contributed by atoms with Gasteiger partial charge in [-0.25, -0.2) is 0 Å². The van der Waals surface area contributed by atoms with E-state index in [1.807, 2.05) is 13.8 Å². The molecular formula is C44H34Cl8N8O6. The molecule has 5 aromatic rings. The first-order valence-electron chi connectivity index (χ1n) is 19.3. The molecule has 342 valence electrons. The smallest absolute Gasteiger partial charge is 0.258 e. The van der Waals surface area contributed by atoms with Gasteiger partial charge in [-0.05, 0) is 111 Å². The van der Waals surface area contributed by atoms with Gasteiger partial charge in [0.15, 0.2) is 11.6 Å². The molecular weight excluding hydrogens is 1020 g/mol. The van der Waals surface area contributed by atoms with Crippen LogP contribution in [-0.4, -0.2) is 47.3 Å². The highest BCUT2D eigenvalue weighted by molar-refractivity contribution is 6.47. The SMILES string of the molecule is CCc1c(NC(=O)C(N=Nc2ccc(Cl)c(C(=O)Nc3c(Cl)ccc(Cl)c3Cl)c2)C(C)=O)ccc(NC(=O)C(N=Nc2ccc(Cl)c(C(=O)Nc3c(Cl)ccc(Cl)c3Cl)c2)C(C)=O)c1CC. The minimum absolute atomic E-state index is 0.0160. The second-order valence-electron chi connectivity index (χ2n) is 13.9. The number of nitrogens with one attached hydrogen (secondary N) is 4. The van der Waals surface area contributed by atoms with Crippen molar-refractivity contribution in [3.63, 3.8) is 0 Å². The largest absolute Gasteiger partial charge is 0.323 e. The Morgan fingerprint density at radius 3 is 1.14 bits per heavy atom. The summed E-state index contributed by atoms with van der Waals surface area (Å²) in [5.41, 5.74) is 2.10. The van der Waals surface area contributed by atoms with Crippen molar-refractivity contribution < 1.29 is 28.8 Å². The Morgan fingerprint density at radius 2 is 0.803 bits per heavy atom. The molecule has 0 saturated carbocycles. The van der Waals surface area contributed by atoms with Gasteiger partial charge in [0.1, 0.15) is 0 Å². The van der Waals surface area contributed by atoms with Gasteiger partial charge in [0.2, 0.25) is 12.1 Å². The first-order valence-corrected chi connectivity index (χ1v) is 22.4. The van der Waals surface area contributed by atoms with Crippen LogP contribution in [0.4, 0.5) is 34.1 Å². The van der Waals surface area contributed by atoms with Crippen LogP contribution in [0.25, 0.3) is 0 Å². The van der Waals surface area contributed by atoms with E-state index >= 15 is 0 Å². The number of carbonyl (C=O) groups excluding carboxylic acids is 6. The fourth-order valence-corrected chi connectivity index (χ4v) is 7.82. The Labute approximate surface area is 417 Å². The molecule has 0 aliphatic heterocycles. The number of amides is 4. The number of hydrogen-bond acceptors (Lipinski definition) is 10. The topological polar surface area (TPSA) is 200 Å². The van der Waals surface area contributed by atoms with E-state index in [-0.39, 0.29) is 74.1 Å². The normalized spacial score (nSPS) is 12.2. The maximum Gasteiger partial charge on any atom is 0.258 e. The molecule has 2 atom stereocenters. The summed E-state index contributed by atoms with van der Waals surface area (Å²) in [4.78, 5) is 79.0. The third-order valence-electron chi connectivity index (χ3n) is 9.45. The molecule has 4 N–H and O–H groups in total. The summed E-state index contributed by atoms with van der Waals surface area (Å²) in [6.45, 7) is 5.98. The average molecular weight is 1050 g/mol. The molecule has 0 aliphatic carbocycles. The highest BCUT2D eigenvalue weighted by Gasteiger charge is 2.28. The van der Waals surface area contributed by atoms with Crippen LogP contribution in [0.5, 0.6) is 0 Å². The van der Waals surface area contributed by atoms with Gasteiger partial charge in [-0.3, -0.25) is 28.8 Å². The minimum atomic E-state index is -1.61. The molecule has 0 radical (unpaired) electrons. The summed E-state index contributed by atoms with van der Waals surface area (Å²) in [5, 5.41) is 27.4. The molecule has 0 aromatic heterocycles. The van der Waals surface area contributed by atoms with Crippen LogP contribution in [0.3, 0.4) is 0 Å². The third kappa shape index (κ3) is 12.4. The lowest BCUT2D eigenvalue weighted by Crippen LogP contribution is -2.33. The standard InChI is InChI=1S/C44H34Cl8N8O6/c1-5-23-24(6-2)34(54-44(66)38(20(4)62)60-58-22-8-10-28(46)26(18-22)42(64)56-40-32(50)14-12-30(48)36(40)52)16-15-33(23)53-43(65)37(19(3)61)59-57-21-7-9-27(45)25(17-21)41(63)55-39-31(49)13-11-29(47)35(39)51/h7-18,37-38H,5-6H2,1-4H3,(H,53,65)(H,54,66)(H,55,63)(H,56,64). The molecule has 14 nitrogen and oxygen atoms in total. The van der Waals surface area contributed by atoms with Crippen LogP contribution in [0, 0.1) is 0 Å². The Morgan fingerprint density at radius 1 is 0.470 bits per heavy atom. The molecule has 0 saturated heterocycles. The van der Waals surface area contributed by atoms with E-state index in [1.54, 1.807) is 0 Å². The van der Waals surface area contributed by atoms with E-state index in [0.29, 0.717) is 35.3 Å². The van der Waals surface area contributed by atoms with E-state index < -0.39 is 47.3 Å². The number of ketones is 2. The summed E-state index contributed by atoms with van der Waals surface area (Å²) in [6, 6.07) is 13.9. The molecule has 0 aliphatic rings. The fourth-order valence-electron chi connectivity index (χ4n) is 6.17. The van der Waals surface area contributed by atoms with Crippen molar-refractivity contribution in [2.45, 2.75) is 52.6 Å². The second-order valence-corrected chi connectivity index (χ2v) is 17.1. The van der Waals surface area contributed by atoms with Crippen LogP contribution in [0.1, 0.15) is 59.5 Å². The summed E-state index contributed by atoms with van der Waals surface area (Å²) < 4.78 is 0. The van der Waals surface area contributed by atoms with E-state index in [2.05, 4.69) is 41.7 Å². The van der Waals surface area contributed by atoms with E-state index in [9.17, 15) is 28.8 Å². The number of carbonyl (C=O) groups is 6. The molecule has 0 spiro atoms. The molecule has 0 fully saturated rings. The van der Waals surface area contributed by atoms with Gasteiger partial charge < -0.3 is 21.3 Å². The first-order chi connectivity index (χ1) is 31.2. The first kappa shape index (κ1) is 51.8. The number of rotatable bonds is 16. The molecule has 0 heterocycles. The van der Waals surface area contributed by atoms with Gasteiger partial charge in [0.05, 0.1) is 74.1 Å². The lowest BCUT2D eigenvalue weighted by atomic mass is 9.98. The number of Topliss-reactive ketones (excluding diaryl/α,β-unsaturated/α-hetero) is 2. The molecule has 5 aromatic carbocycles. The van der Waals surface area contributed by atoms with E-state index in [1.165, 1.54) is 86.6 Å². The highest BCUT2D eigenvalue weighted by Crippen LogP contribution is 2.38. The lowest BCUT2D eigenvalue weighted by Gasteiger charge is -2.20. The van der Waals surface area contributed by atoms with Crippen molar-refractivity contribution in [1.29, 1.82) is 0 Å². The maximum absolute atomic E-state index is 13.6. The van der Waals surface area contributed by atoms with Gasteiger partial charge in [0, 0.05) is 11.4 Å². The Hall–Kier alpha value is -5.16. The quantitative estimate of drug-likeness (QED) is 0.0430. The Balaban J connectivity index is 1.32. The maximum atomic E-state index is 13.6. The summed E-state index contributed by atoms with van der Waals surface area (Å²) in [5.74, 6) is -4.30. The van der Waals surface area contributed by atoms with Crippen molar-refractivity contribution in [1.82, 2.24) is 0 Å². The zero-order chi connectivity index (χ0) is 48.6. The van der Waals surface area contributed by atoms with Gasteiger partial charge in [-0.2, -0.15) is 20.5 Å². The van der Waals surface area contributed by atoms with Crippen LogP contribution in [-0.2, 0) is 32.0 Å². The molecule has 22 heteroatoms. The zero-order valence-corrected chi connectivity index (χ0v) is 40.8.